The van der Waals surface area contributed by atoms with Crippen molar-refractivity contribution in [2.24, 2.45) is 0 Å². The molecule has 0 unspecified atom stereocenters. The second-order valence-corrected chi connectivity index (χ2v) is 7.98. The van der Waals surface area contributed by atoms with E-state index in [9.17, 15) is 14.9 Å². The van der Waals surface area contributed by atoms with E-state index in [1.54, 1.807) is 6.07 Å². The van der Waals surface area contributed by atoms with E-state index in [1.807, 2.05) is 28.8 Å². The zero-order valence-electron chi connectivity index (χ0n) is 16.4. The molecule has 1 aliphatic heterocycles. The maximum atomic E-state index is 12.8. The van der Waals surface area contributed by atoms with Crippen molar-refractivity contribution in [2.45, 2.75) is 37.6 Å². The smallest absolute Gasteiger partial charge is 0.270 e. The predicted molar refractivity (Wildman–Crippen MR) is 111 cm³/mol. The highest BCUT2D eigenvalue weighted by molar-refractivity contribution is 6.00. The molecule has 1 N–H and O–H groups in total. The highest BCUT2D eigenvalue weighted by Crippen LogP contribution is 2.33. The first-order valence-corrected chi connectivity index (χ1v) is 10.2. The van der Waals surface area contributed by atoms with Gasteiger partial charge in [-0.1, -0.05) is 6.07 Å². The van der Waals surface area contributed by atoms with E-state index in [0.717, 1.165) is 49.4 Å². The number of nitro groups is 1. The van der Waals surface area contributed by atoms with Gasteiger partial charge < -0.3 is 10.2 Å². The maximum Gasteiger partial charge on any atom is 0.270 e. The van der Waals surface area contributed by atoms with Crippen molar-refractivity contribution in [1.82, 2.24) is 19.9 Å². The fourth-order valence-corrected chi connectivity index (χ4v) is 4.13. The summed E-state index contributed by atoms with van der Waals surface area (Å²) in [6, 6.07) is 10.6. The van der Waals surface area contributed by atoms with E-state index in [1.165, 1.54) is 12.1 Å². The van der Waals surface area contributed by atoms with Crippen LogP contribution in [0.3, 0.4) is 0 Å². The molecule has 9 nitrogen and oxygen atoms in total. The summed E-state index contributed by atoms with van der Waals surface area (Å²) in [7, 11) is 0. The van der Waals surface area contributed by atoms with E-state index < -0.39 is 4.92 Å². The number of nitrogens with one attached hydrogen (secondary N) is 1. The molecule has 2 fully saturated rings. The monoisotopic (exact) mass is 406 g/mol. The lowest BCUT2D eigenvalue weighted by atomic mass is 9.95. The second-order valence-electron chi connectivity index (χ2n) is 7.98. The number of piperidine rings is 1. The Morgan fingerprint density at radius 2 is 2.03 bits per heavy atom. The molecule has 2 aromatic heterocycles. The molecule has 3 aromatic rings. The second kappa shape index (κ2) is 7.40. The zero-order chi connectivity index (χ0) is 20.7. The van der Waals surface area contributed by atoms with Crippen molar-refractivity contribution >= 4 is 22.9 Å². The molecule has 0 bridgehead atoms. The first kappa shape index (κ1) is 18.5. The lowest BCUT2D eigenvalue weighted by Crippen LogP contribution is -2.37. The number of pyridine rings is 1. The van der Waals surface area contributed by atoms with Gasteiger partial charge in [-0.25, -0.2) is 0 Å². The number of benzene rings is 1. The van der Waals surface area contributed by atoms with Crippen LogP contribution in [0.5, 0.6) is 0 Å². The molecule has 3 heterocycles. The fraction of sp³-hybridized carbons (Fsp3) is 0.381. The van der Waals surface area contributed by atoms with E-state index in [4.69, 9.17) is 0 Å². The minimum absolute atomic E-state index is 0.0725. The topological polar surface area (TPSA) is 106 Å². The van der Waals surface area contributed by atoms with Crippen LogP contribution in [0, 0.1) is 10.1 Å². The Kier molecular flexibility index (Phi) is 4.57. The van der Waals surface area contributed by atoms with Gasteiger partial charge in [0.2, 0.25) is 0 Å². The van der Waals surface area contributed by atoms with Crippen molar-refractivity contribution in [3.8, 4) is 0 Å². The quantitative estimate of drug-likeness (QED) is 0.516. The van der Waals surface area contributed by atoms with Crippen molar-refractivity contribution in [3.05, 3.63) is 64.1 Å². The molecule has 30 heavy (non-hydrogen) atoms. The summed E-state index contributed by atoms with van der Waals surface area (Å²) in [6.07, 6.45) is 5.79. The third-order valence-electron chi connectivity index (χ3n) is 5.82. The number of hydrogen-bond donors (Lipinski definition) is 1. The van der Waals surface area contributed by atoms with Gasteiger partial charge in [-0.3, -0.25) is 19.3 Å². The normalized spacial score (nSPS) is 19.1. The first-order valence-electron chi connectivity index (χ1n) is 10.2. The molecule has 0 spiro atoms. The van der Waals surface area contributed by atoms with Gasteiger partial charge in [0.05, 0.1) is 16.2 Å². The van der Waals surface area contributed by atoms with Crippen LogP contribution in [0.1, 0.15) is 47.8 Å². The Hall–Kier alpha value is -3.49. The number of rotatable bonds is 5. The molecular weight excluding hydrogens is 384 g/mol. The Balaban J connectivity index is 1.46. The summed E-state index contributed by atoms with van der Waals surface area (Å²) in [5, 5.41) is 22.9. The Morgan fingerprint density at radius 1 is 1.17 bits per heavy atom. The first-order chi connectivity index (χ1) is 14.6. The van der Waals surface area contributed by atoms with Crippen LogP contribution in [-0.2, 0) is 0 Å². The minimum Gasteiger partial charge on any atom is -0.370 e. The third kappa shape index (κ3) is 3.47. The molecule has 5 rings (SSSR count). The Labute approximate surface area is 172 Å². The highest BCUT2D eigenvalue weighted by atomic mass is 16.6. The third-order valence-corrected chi connectivity index (χ3v) is 5.82. The molecule has 1 aliphatic carbocycles. The molecule has 9 heteroatoms. The van der Waals surface area contributed by atoms with E-state index >= 15 is 0 Å². The van der Waals surface area contributed by atoms with Gasteiger partial charge in [0, 0.05) is 43.4 Å². The molecule has 1 atom stereocenters. The number of hydrogen-bond acceptors (Lipinski definition) is 6. The van der Waals surface area contributed by atoms with Gasteiger partial charge in [-0.2, -0.15) is 0 Å². The molecule has 1 saturated heterocycles. The SMILES string of the molecule is O=C(NC1CC1)c1cc([N+](=O)[O-])ccc1N1CCC[C@H](c2nnc3ccccn23)C1. The molecule has 154 valence electrons. The number of fused-ring (bicyclic) bond motifs is 1. The molecule has 1 amide bonds. The van der Waals surface area contributed by atoms with Crippen LogP contribution in [0.25, 0.3) is 5.65 Å². The average molecular weight is 406 g/mol. The fourth-order valence-electron chi connectivity index (χ4n) is 4.13. The predicted octanol–water partition coefficient (Wildman–Crippen LogP) is 2.91. The van der Waals surface area contributed by atoms with Gasteiger partial charge in [-0.05, 0) is 43.9 Å². The maximum absolute atomic E-state index is 12.8. The Morgan fingerprint density at radius 3 is 2.83 bits per heavy atom. The molecule has 2 aliphatic rings. The number of aromatic nitrogens is 3. The number of anilines is 1. The van der Waals surface area contributed by atoms with Gasteiger partial charge in [0.15, 0.2) is 5.65 Å². The van der Waals surface area contributed by atoms with Crippen LogP contribution < -0.4 is 10.2 Å². The standard InChI is InChI=1S/C21H22N6O3/c28-21(22-15-6-7-15)17-12-16(27(29)30)8-9-18(17)25-10-3-4-14(13-25)20-24-23-19-5-1-2-11-26(19)20/h1-2,5,8-9,11-12,14-15H,3-4,6-7,10,13H2,(H,22,28)/t14-/m0/s1. The van der Waals surface area contributed by atoms with Crippen molar-refractivity contribution < 1.29 is 9.72 Å². The van der Waals surface area contributed by atoms with Gasteiger partial charge in [-0.15, -0.1) is 10.2 Å². The molecule has 1 aromatic carbocycles. The summed E-state index contributed by atoms with van der Waals surface area (Å²) in [5.74, 6) is 0.818. The van der Waals surface area contributed by atoms with Gasteiger partial charge in [0.25, 0.3) is 11.6 Å². The van der Waals surface area contributed by atoms with Crippen LogP contribution in [0.4, 0.5) is 11.4 Å². The number of carbonyl (C=O) groups is 1. The zero-order valence-corrected chi connectivity index (χ0v) is 16.4. The van der Waals surface area contributed by atoms with E-state index in [0.29, 0.717) is 12.1 Å². The van der Waals surface area contributed by atoms with Crippen molar-refractivity contribution in [1.29, 1.82) is 0 Å². The summed E-state index contributed by atoms with van der Waals surface area (Å²) >= 11 is 0. The Bertz CT molecular complexity index is 1120. The van der Waals surface area contributed by atoms with Crippen molar-refractivity contribution in [3.63, 3.8) is 0 Å². The van der Waals surface area contributed by atoms with Gasteiger partial charge in [0.1, 0.15) is 5.82 Å². The lowest BCUT2D eigenvalue weighted by molar-refractivity contribution is -0.384. The molecule has 0 radical (unpaired) electrons. The van der Waals surface area contributed by atoms with Crippen LogP contribution in [0.2, 0.25) is 0 Å². The number of carbonyl (C=O) groups excluding carboxylic acids is 1. The summed E-state index contributed by atoms with van der Waals surface area (Å²) in [4.78, 5) is 25.8. The van der Waals surface area contributed by atoms with Gasteiger partial charge >= 0.3 is 0 Å². The van der Waals surface area contributed by atoms with E-state index in [-0.39, 0.29) is 23.6 Å². The van der Waals surface area contributed by atoms with Crippen LogP contribution in [0.15, 0.2) is 42.6 Å². The number of amides is 1. The van der Waals surface area contributed by atoms with Crippen LogP contribution >= 0.6 is 0 Å². The van der Waals surface area contributed by atoms with Crippen molar-refractivity contribution in [2.75, 3.05) is 18.0 Å². The van der Waals surface area contributed by atoms with E-state index in [2.05, 4.69) is 20.4 Å². The number of nitrogens with zero attached hydrogens (tertiary/aromatic N) is 5. The summed E-state index contributed by atoms with van der Waals surface area (Å²) in [5.41, 5.74) is 1.83. The highest BCUT2D eigenvalue weighted by Gasteiger charge is 2.30. The molecule has 1 saturated carbocycles. The number of non-ortho nitro benzene ring substituents is 1. The minimum atomic E-state index is -0.459. The van der Waals surface area contributed by atoms with Crippen LogP contribution in [-0.4, -0.2) is 44.6 Å². The summed E-state index contributed by atoms with van der Waals surface area (Å²) < 4.78 is 2.00. The number of nitro benzene ring substituents is 1. The molecular formula is C21H22N6O3. The lowest BCUT2D eigenvalue weighted by Gasteiger charge is -2.34. The summed E-state index contributed by atoms with van der Waals surface area (Å²) in [6.45, 7) is 1.46. The average Bonchev–Trinajstić information content (AvgIpc) is 3.48. The largest absolute Gasteiger partial charge is 0.370 e.